The first-order chi connectivity index (χ1) is 33.1. The summed E-state index contributed by atoms with van der Waals surface area (Å²) in [5.74, 6) is 1.54. The van der Waals surface area contributed by atoms with Gasteiger partial charge in [0.2, 0.25) is 0 Å². The van der Waals surface area contributed by atoms with Crippen molar-refractivity contribution >= 4 is 0 Å². The third-order valence-electron chi connectivity index (χ3n) is 16.1. The lowest BCUT2D eigenvalue weighted by atomic mass is 9.88. The van der Waals surface area contributed by atoms with Crippen LogP contribution in [0, 0.1) is 0 Å². The Hall–Kier alpha value is -0.980. The normalized spacial score (nSPS) is 12.7. The van der Waals surface area contributed by atoms with Crippen molar-refractivity contribution in [2.45, 2.75) is 386 Å². The summed E-state index contributed by atoms with van der Waals surface area (Å²) in [6, 6.07) is 6.53. The van der Waals surface area contributed by atoms with Gasteiger partial charge in [0.15, 0.2) is 0 Å². The van der Waals surface area contributed by atoms with E-state index in [1.807, 2.05) is 6.07 Å². The van der Waals surface area contributed by atoms with Gasteiger partial charge in [-0.3, -0.25) is 0 Å². The molecule has 0 aliphatic rings. The van der Waals surface area contributed by atoms with Crippen molar-refractivity contribution in [2.24, 2.45) is 0 Å². The van der Waals surface area contributed by atoms with Crippen LogP contribution in [0.2, 0.25) is 0 Å². The standard InChI is InChI=1S/C66H126O/c1-5-7-9-11-13-15-17-19-21-23-25-27-29-31-33-35-37-39-41-43-45-47-49-51-53-55-57-62(3)64-59-60-66(67)65(61-64)63(4)58-56-54-52-50-48-46-44-42-40-38-36-34-32-30-28-26-24-22-20-18-16-14-12-10-8-6-2/h59-63,67H,5-58H2,1-4H3. The molecule has 1 nitrogen and oxygen atoms in total. The second kappa shape index (κ2) is 52.8. The Balaban J connectivity index is 1.88. The van der Waals surface area contributed by atoms with Crippen molar-refractivity contribution in [2.75, 3.05) is 0 Å². The Bertz CT molecular complexity index is 1080. The van der Waals surface area contributed by atoms with E-state index in [0.29, 0.717) is 17.6 Å². The van der Waals surface area contributed by atoms with E-state index in [0.717, 1.165) is 0 Å². The summed E-state index contributed by atoms with van der Waals surface area (Å²) in [6.45, 7) is 9.36. The minimum Gasteiger partial charge on any atom is -0.508 e. The lowest BCUT2D eigenvalue weighted by Gasteiger charge is -2.18. The van der Waals surface area contributed by atoms with Crippen LogP contribution in [0.5, 0.6) is 5.75 Å². The zero-order valence-electron chi connectivity index (χ0n) is 47.0. The smallest absolute Gasteiger partial charge is 0.119 e. The lowest BCUT2D eigenvalue weighted by molar-refractivity contribution is 0.456. The first kappa shape index (κ1) is 64.0. The van der Waals surface area contributed by atoms with Crippen molar-refractivity contribution in [3.8, 4) is 5.75 Å². The summed E-state index contributed by atoms with van der Waals surface area (Å²) in [4.78, 5) is 0. The van der Waals surface area contributed by atoms with Crippen LogP contribution in [-0.2, 0) is 0 Å². The molecule has 0 aliphatic heterocycles. The molecule has 396 valence electrons. The molecule has 0 spiro atoms. The van der Waals surface area contributed by atoms with Gasteiger partial charge in [-0.05, 0) is 41.9 Å². The Labute approximate surface area is 424 Å². The molecule has 0 aromatic heterocycles. The second-order valence-electron chi connectivity index (χ2n) is 22.9. The van der Waals surface area contributed by atoms with Crippen LogP contribution in [0.25, 0.3) is 0 Å². The number of aromatic hydroxyl groups is 1. The molecular formula is C66H126O. The van der Waals surface area contributed by atoms with Crippen molar-refractivity contribution in [3.63, 3.8) is 0 Å². The molecule has 1 aromatic carbocycles. The summed E-state index contributed by atoms with van der Waals surface area (Å²) < 4.78 is 0. The molecule has 67 heavy (non-hydrogen) atoms. The molecule has 0 saturated heterocycles. The summed E-state index contributed by atoms with van der Waals surface area (Å²) >= 11 is 0. The van der Waals surface area contributed by atoms with Crippen molar-refractivity contribution < 1.29 is 5.11 Å². The highest BCUT2D eigenvalue weighted by Gasteiger charge is 2.14. The van der Waals surface area contributed by atoms with E-state index in [2.05, 4.69) is 39.8 Å². The number of rotatable bonds is 56. The van der Waals surface area contributed by atoms with Crippen LogP contribution in [0.4, 0.5) is 0 Å². The van der Waals surface area contributed by atoms with Gasteiger partial charge in [-0.2, -0.15) is 0 Å². The number of phenols is 1. The van der Waals surface area contributed by atoms with Gasteiger partial charge in [-0.1, -0.05) is 374 Å². The zero-order chi connectivity index (χ0) is 48.2. The maximum atomic E-state index is 10.8. The molecule has 0 amide bonds. The Morgan fingerprint density at radius 2 is 0.463 bits per heavy atom. The van der Waals surface area contributed by atoms with Crippen LogP contribution in [-0.4, -0.2) is 5.11 Å². The zero-order valence-corrected chi connectivity index (χ0v) is 47.0. The third-order valence-corrected chi connectivity index (χ3v) is 16.1. The summed E-state index contributed by atoms with van der Waals surface area (Å²) in [5, 5.41) is 10.8. The Kier molecular flexibility index (Phi) is 50.5. The highest BCUT2D eigenvalue weighted by Crippen LogP contribution is 2.34. The minimum absolute atomic E-state index is 0.445. The van der Waals surface area contributed by atoms with Crippen LogP contribution in [0.3, 0.4) is 0 Å². The topological polar surface area (TPSA) is 20.2 Å². The van der Waals surface area contributed by atoms with E-state index in [1.54, 1.807) is 0 Å². The van der Waals surface area contributed by atoms with Crippen LogP contribution < -0.4 is 0 Å². The van der Waals surface area contributed by atoms with Gasteiger partial charge in [0.25, 0.3) is 0 Å². The van der Waals surface area contributed by atoms with E-state index >= 15 is 0 Å². The van der Waals surface area contributed by atoms with E-state index in [-0.39, 0.29) is 0 Å². The molecule has 1 heteroatoms. The molecule has 1 N–H and O–H groups in total. The predicted molar refractivity (Wildman–Crippen MR) is 306 cm³/mol. The fourth-order valence-corrected chi connectivity index (χ4v) is 11.1. The number of hydrogen-bond donors (Lipinski definition) is 1. The quantitative estimate of drug-likeness (QED) is 0.0646. The lowest BCUT2D eigenvalue weighted by Crippen LogP contribution is -1.99. The van der Waals surface area contributed by atoms with Crippen LogP contribution in [0.1, 0.15) is 397 Å². The van der Waals surface area contributed by atoms with Crippen LogP contribution in [0.15, 0.2) is 18.2 Å². The number of unbranched alkanes of at least 4 members (excludes halogenated alkanes) is 50. The molecule has 0 fully saturated rings. The largest absolute Gasteiger partial charge is 0.508 e. The maximum absolute atomic E-state index is 10.8. The molecule has 2 unspecified atom stereocenters. The molecule has 2 atom stereocenters. The van der Waals surface area contributed by atoms with E-state index in [1.165, 1.54) is 358 Å². The van der Waals surface area contributed by atoms with Gasteiger partial charge >= 0.3 is 0 Å². The number of hydrogen-bond acceptors (Lipinski definition) is 1. The molecule has 0 heterocycles. The summed E-state index contributed by atoms with van der Waals surface area (Å²) in [6.07, 6.45) is 77.8. The highest BCUT2D eigenvalue weighted by molar-refractivity contribution is 5.39. The van der Waals surface area contributed by atoms with Crippen molar-refractivity contribution in [1.82, 2.24) is 0 Å². The fraction of sp³-hybridized carbons (Fsp3) is 0.909. The number of benzene rings is 1. The van der Waals surface area contributed by atoms with Gasteiger partial charge in [0.05, 0.1) is 0 Å². The van der Waals surface area contributed by atoms with E-state index in [4.69, 9.17) is 0 Å². The molecule has 0 saturated carbocycles. The minimum atomic E-state index is 0.445. The Morgan fingerprint density at radius 1 is 0.269 bits per heavy atom. The molecule has 0 bridgehead atoms. The van der Waals surface area contributed by atoms with Gasteiger partial charge < -0.3 is 5.11 Å². The maximum Gasteiger partial charge on any atom is 0.119 e. The van der Waals surface area contributed by atoms with Crippen LogP contribution >= 0.6 is 0 Å². The van der Waals surface area contributed by atoms with Gasteiger partial charge in [0.1, 0.15) is 5.75 Å². The number of phenolic OH excluding ortho intramolecular Hbond substituents is 1. The van der Waals surface area contributed by atoms with E-state index in [9.17, 15) is 5.11 Å². The fourth-order valence-electron chi connectivity index (χ4n) is 11.1. The molecule has 1 aromatic rings. The highest BCUT2D eigenvalue weighted by atomic mass is 16.3. The first-order valence-electron chi connectivity index (χ1n) is 31.9. The van der Waals surface area contributed by atoms with Gasteiger partial charge in [-0.15, -0.1) is 0 Å². The van der Waals surface area contributed by atoms with Gasteiger partial charge in [-0.25, -0.2) is 0 Å². The molecule has 1 rings (SSSR count). The first-order valence-corrected chi connectivity index (χ1v) is 31.9. The molecule has 0 aliphatic carbocycles. The molecule has 0 radical (unpaired) electrons. The van der Waals surface area contributed by atoms with E-state index < -0.39 is 0 Å². The second-order valence-corrected chi connectivity index (χ2v) is 22.9. The average molecular weight is 936 g/mol. The average Bonchev–Trinajstić information content (AvgIpc) is 3.33. The Morgan fingerprint density at radius 3 is 0.687 bits per heavy atom. The SMILES string of the molecule is CCCCCCCCCCCCCCCCCCCCCCCCCCCCC(C)c1ccc(O)c(C(C)CCCCCCCCCCCCCCCCCCCCCCCCCCCC)c1. The summed E-state index contributed by atoms with van der Waals surface area (Å²) in [7, 11) is 0. The monoisotopic (exact) mass is 935 g/mol. The van der Waals surface area contributed by atoms with Crippen molar-refractivity contribution in [3.05, 3.63) is 29.3 Å². The predicted octanol–water partition coefficient (Wildman–Crippen LogP) is 24.7. The van der Waals surface area contributed by atoms with Gasteiger partial charge in [0, 0.05) is 0 Å². The molecular weight excluding hydrogens is 809 g/mol. The summed E-state index contributed by atoms with van der Waals surface area (Å²) in [5.41, 5.74) is 2.62. The van der Waals surface area contributed by atoms with Crippen molar-refractivity contribution in [1.29, 1.82) is 0 Å². The third kappa shape index (κ3) is 44.7.